The van der Waals surface area contributed by atoms with Gasteiger partial charge in [-0.2, -0.15) is 0 Å². The van der Waals surface area contributed by atoms with Crippen LogP contribution >= 0.6 is 0 Å². The standard InChI is InChI=1S/C19H27N5O2/c1-20-19(21-9-7-16-3-5-18(25-2)6-4-16)24-12-10-23(11-13-24)15-17-8-14-26-22-17/h3-6,8,14H,7,9-13,15H2,1-2H3,(H,20,21). The van der Waals surface area contributed by atoms with Crippen LogP contribution in [0.5, 0.6) is 5.75 Å². The second kappa shape index (κ2) is 9.24. The van der Waals surface area contributed by atoms with E-state index in [4.69, 9.17) is 9.26 Å². The number of aromatic nitrogens is 1. The normalized spacial score (nSPS) is 15.9. The van der Waals surface area contributed by atoms with Gasteiger partial charge in [-0.25, -0.2) is 0 Å². The summed E-state index contributed by atoms with van der Waals surface area (Å²) in [5.74, 6) is 1.86. The van der Waals surface area contributed by atoms with Gasteiger partial charge in [-0.15, -0.1) is 0 Å². The van der Waals surface area contributed by atoms with E-state index >= 15 is 0 Å². The maximum atomic E-state index is 5.20. The number of hydrogen-bond donors (Lipinski definition) is 1. The van der Waals surface area contributed by atoms with Crippen LogP contribution < -0.4 is 10.1 Å². The van der Waals surface area contributed by atoms with Gasteiger partial charge in [0.15, 0.2) is 5.96 Å². The third kappa shape index (κ3) is 4.98. The molecule has 1 fully saturated rings. The summed E-state index contributed by atoms with van der Waals surface area (Å²) in [6.45, 7) is 5.60. The zero-order valence-electron chi connectivity index (χ0n) is 15.5. The summed E-state index contributed by atoms with van der Waals surface area (Å²) in [6, 6.07) is 10.1. The number of guanidine groups is 1. The molecule has 0 saturated carbocycles. The number of methoxy groups -OCH3 is 1. The summed E-state index contributed by atoms with van der Waals surface area (Å²) in [5, 5.41) is 7.46. The lowest BCUT2D eigenvalue weighted by Crippen LogP contribution is -2.52. The number of aliphatic imine (C=N–C) groups is 1. The molecule has 3 rings (SSSR count). The molecule has 0 bridgehead atoms. The summed E-state index contributed by atoms with van der Waals surface area (Å²) in [4.78, 5) is 9.14. The lowest BCUT2D eigenvalue weighted by atomic mass is 10.1. The van der Waals surface area contributed by atoms with E-state index in [1.54, 1.807) is 13.4 Å². The summed E-state index contributed by atoms with van der Waals surface area (Å²) < 4.78 is 10.1. The summed E-state index contributed by atoms with van der Waals surface area (Å²) in [7, 11) is 3.53. The molecule has 140 valence electrons. The zero-order chi connectivity index (χ0) is 18.2. The molecule has 0 aliphatic carbocycles. The molecule has 7 nitrogen and oxygen atoms in total. The molecule has 2 heterocycles. The molecule has 7 heteroatoms. The number of rotatable bonds is 6. The van der Waals surface area contributed by atoms with Crippen molar-refractivity contribution in [1.29, 1.82) is 0 Å². The maximum Gasteiger partial charge on any atom is 0.193 e. The van der Waals surface area contributed by atoms with Crippen LogP contribution in [0.1, 0.15) is 11.3 Å². The highest BCUT2D eigenvalue weighted by Crippen LogP contribution is 2.11. The highest BCUT2D eigenvalue weighted by molar-refractivity contribution is 5.80. The van der Waals surface area contributed by atoms with Gasteiger partial charge in [-0.1, -0.05) is 17.3 Å². The fourth-order valence-corrected chi connectivity index (χ4v) is 3.11. The van der Waals surface area contributed by atoms with Crippen molar-refractivity contribution in [2.24, 2.45) is 4.99 Å². The van der Waals surface area contributed by atoms with Crippen molar-refractivity contribution < 1.29 is 9.26 Å². The van der Waals surface area contributed by atoms with E-state index in [9.17, 15) is 0 Å². The minimum atomic E-state index is 0.841. The first-order chi connectivity index (χ1) is 12.8. The Bertz CT molecular complexity index is 676. The van der Waals surface area contributed by atoms with E-state index in [1.165, 1.54) is 5.56 Å². The number of ether oxygens (including phenoxy) is 1. The largest absolute Gasteiger partial charge is 0.497 e. The third-order valence-electron chi connectivity index (χ3n) is 4.62. The summed E-state index contributed by atoms with van der Waals surface area (Å²) in [6.07, 6.45) is 2.58. The predicted octanol–water partition coefficient (Wildman–Crippen LogP) is 1.62. The first-order valence-electron chi connectivity index (χ1n) is 8.98. The quantitative estimate of drug-likeness (QED) is 0.626. The Morgan fingerprint density at radius 2 is 1.96 bits per heavy atom. The van der Waals surface area contributed by atoms with Gasteiger partial charge >= 0.3 is 0 Å². The van der Waals surface area contributed by atoms with E-state index in [1.807, 2.05) is 25.2 Å². The second-order valence-electron chi connectivity index (χ2n) is 6.33. The monoisotopic (exact) mass is 357 g/mol. The van der Waals surface area contributed by atoms with Crippen molar-refractivity contribution in [2.45, 2.75) is 13.0 Å². The van der Waals surface area contributed by atoms with Crippen molar-refractivity contribution in [3.05, 3.63) is 47.9 Å². The molecule has 26 heavy (non-hydrogen) atoms. The predicted molar refractivity (Wildman–Crippen MR) is 101 cm³/mol. The fourth-order valence-electron chi connectivity index (χ4n) is 3.11. The fraction of sp³-hybridized carbons (Fsp3) is 0.474. The number of nitrogens with one attached hydrogen (secondary N) is 1. The Morgan fingerprint density at radius 1 is 1.19 bits per heavy atom. The van der Waals surface area contributed by atoms with Crippen LogP contribution in [-0.2, 0) is 13.0 Å². The molecule has 1 aliphatic rings. The van der Waals surface area contributed by atoms with Crippen molar-refractivity contribution in [3.63, 3.8) is 0 Å². The Morgan fingerprint density at radius 3 is 2.58 bits per heavy atom. The molecule has 1 N–H and O–H groups in total. The van der Waals surface area contributed by atoms with Gasteiger partial charge in [0.2, 0.25) is 0 Å². The number of hydrogen-bond acceptors (Lipinski definition) is 5. The first-order valence-corrected chi connectivity index (χ1v) is 8.98. The van der Waals surface area contributed by atoms with Gasteiger partial charge in [-0.05, 0) is 24.1 Å². The van der Waals surface area contributed by atoms with Crippen molar-refractivity contribution in [3.8, 4) is 5.75 Å². The molecular weight excluding hydrogens is 330 g/mol. The average molecular weight is 357 g/mol. The molecule has 0 amide bonds. The van der Waals surface area contributed by atoms with Crippen LogP contribution in [0.3, 0.4) is 0 Å². The Hall–Kier alpha value is -2.54. The highest BCUT2D eigenvalue weighted by Gasteiger charge is 2.20. The van der Waals surface area contributed by atoms with E-state index in [0.29, 0.717) is 0 Å². The Balaban J connectivity index is 1.41. The van der Waals surface area contributed by atoms with Crippen LogP contribution in [0.25, 0.3) is 0 Å². The van der Waals surface area contributed by atoms with Crippen LogP contribution in [0.4, 0.5) is 0 Å². The van der Waals surface area contributed by atoms with Gasteiger partial charge in [0.25, 0.3) is 0 Å². The molecule has 1 aliphatic heterocycles. The van der Waals surface area contributed by atoms with Crippen LogP contribution in [-0.4, -0.2) is 67.8 Å². The molecule has 2 aromatic rings. The molecule has 0 spiro atoms. The molecular formula is C19H27N5O2. The highest BCUT2D eigenvalue weighted by atomic mass is 16.5. The van der Waals surface area contributed by atoms with Crippen molar-refractivity contribution >= 4 is 5.96 Å². The second-order valence-corrected chi connectivity index (χ2v) is 6.33. The lowest BCUT2D eigenvalue weighted by Gasteiger charge is -2.36. The number of piperazine rings is 1. The summed E-state index contributed by atoms with van der Waals surface area (Å²) >= 11 is 0. The van der Waals surface area contributed by atoms with E-state index in [-0.39, 0.29) is 0 Å². The Kier molecular flexibility index (Phi) is 6.49. The zero-order valence-corrected chi connectivity index (χ0v) is 15.5. The van der Waals surface area contributed by atoms with E-state index in [0.717, 1.165) is 63.1 Å². The minimum Gasteiger partial charge on any atom is -0.497 e. The van der Waals surface area contributed by atoms with Gasteiger partial charge in [0.05, 0.1) is 12.8 Å². The lowest BCUT2D eigenvalue weighted by molar-refractivity contribution is 0.169. The minimum absolute atomic E-state index is 0.841. The molecule has 0 atom stereocenters. The SMILES string of the molecule is CN=C(NCCc1ccc(OC)cc1)N1CCN(Cc2ccon2)CC1. The molecule has 0 radical (unpaired) electrons. The number of benzene rings is 1. The first kappa shape index (κ1) is 18.3. The van der Waals surface area contributed by atoms with Crippen LogP contribution in [0.2, 0.25) is 0 Å². The van der Waals surface area contributed by atoms with E-state index < -0.39 is 0 Å². The van der Waals surface area contributed by atoms with Crippen LogP contribution in [0, 0.1) is 0 Å². The number of nitrogens with zero attached hydrogens (tertiary/aromatic N) is 4. The Labute approximate surface area is 154 Å². The smallest absolute Gasteiger partial charge is 0.193 e. The maximum absolute atomic E-state index is 5.20. The summed E-state index contributed by atoms with van der Waals surface area (Å²) in [5.41, 5.74) is 2.27. The van der Waals surface area contributed by atoms with E-state index in [2.05, 4.69) is 37.4 Å². The molecule has 1 saturated heterocycles. The molecule has 1 aromatic carbocycles. The van der Waals surface area contributed by atoms with Gasteiger partial charge in [0.1, 0.15) is 12.0 Å². The third-order valence-corrected chi connectivity index (χ3v) is 4.62. The van der Waals surface area contributed by atoms with Gasteiger partial charge in [-0.3, -0.25) is 9.89 Å². The van der Waals surface area contributed by atoms with Crippen molar-refractivity contribution in [2.75, 3.05) is 46.9 Å². The van der Waals surface area contributed by atoms with Crippen LogP contribution in [0.15, 0.2) is 46.1 Å². The average Bonchev–Trinajstić information content (AvgIpc) is 3.20. The molecule has 1 aromatic heterocycles. The van der Waals surface area contributed by atoms with Gasteiger partial charge < -0.3 is 19.5 Å². The molecule has 0 unspecified atom stereocenters. The van der Waals surface area contributed by atoms with Gasteiger partial charge in [0, 0.05) is 52.4 Å². The topological polar surface area (TPSA) is 66.1 Å². The van der Waals surface area contributed by atoms with Crippen molar-refractivity contribution in [1.82, 2.24) is 20.3 Å².